The van der Waals surface area contributed by atoms with E-state index in [1.165, 1.54) is 31.4 Å². The summed E-state index contributed by atoms with van der Waals surface area (Å²) in [4.78, 5) is -0.181. The van der Waals surface area contributed by atoms with Crippen LogP contribution in [0.3, 0.4) is 0 Å². The fourth-order valence-electron chi connectivity index (χ4n) is 2.49. The van der Waals surface area contributed by atoms with Crippen molar-refractivity contribution in [2.75, 3.05) is 19.5 Å². The van der Waals surface area contributed by atoms with Crippen LogP contribution in [0, 0.1) is 0 Å². The second kappa shape index (κ2) is 12.2. The van der Waals surface area contributed by atoms with Crippen molar-refractivity contribution < 1.29 is 31.0 Å². The Labute approximate surface area is 196 Å². The van der Waals surface area contributed by atoms with E-state index in [9.17, 15) is 13.0 Å². The minimum Gasteiger partial charge on any atom is -0.495 e. The van der Waals surface area contributed by atoms with E-state index < -0.39 is 16.9 Å². The summed E-state index contributed by atoms with van der Waals surface area (Å²) in [7, 11) is -2.85. The van der Waals surface area contributed by atoms with Gasteiger partial charge in [0.15, 0.2) is 5.75 Å². The van der Waals surface area contributed by atoms with Gasteiger partial charge in [-0.1, -0.05) is 31.9 Å². The average molecular weight is 553 g/mol. The van der Waals surface area contributed by atoms with Crippen LogP contribution in [0.4, 0.5) is 0 Å². The Bertz CT molecular complexity index is 1010. The van der Waals surface area contributed by atoms with E-state index in [4.69, 9.17) is 18.0 Å². The number of rotatable bonds is 13. The summed E-state index contributed by atoms with van der Waals surface area (Å²) in [6.45, 7) is 0.592. The molecular weight excluding hydrogens is 527 g/mol. The van der Waals surface area contributed by atoms with Gasteiger partial charge in [-0.2, -0.15) is 8.42 Å². The van der Waals surface area contributed by atoms with Crippen molar-refractivity contribution in [1.82, 2.24) is 0 Å². The van der Waals surface area contributed by atoms with Gasteiger partial charge in [-0.25, -0.2) is 4.57 Å². The van der Waals surface area contributed by atoms with E-state index in [0.717, 1.165) is 30.6 Å². The summed E-state index contributed by atoms with van der Waals surface area (Å²) in [5.74, 6) is 0.961. The maximum Gasteiger partial charge on any atom is 0.440 e. The van der Waals surface area contributed by atoms with Gasteiger partial charge in [0.05, 0.1) is 18.2 Å². The maximum absolute atomic E-state index is 13.0. The Kier molecular flexibility index (Phi) is 10.2. The lowest BCUT2D eigenvalue weighted by atomic mass is 10.3. The first-order valence-corrected chi connectivity index (χ1v) is 15.0. The normalized spacial score (nSPS) is 13.4. The molecule has 172 valence electrons. The Morgan fingerprint density at radius 2 is 1.81 bits per heavy atom. The summed E-state index contributed by atoms with van der Waals surface area (Å²) >= 11 is 4.39. The molecule has 0 spiro atoms. The number of hydrogen-bond acceptors (Lipinski definition) is 8. The van der Waals surface area contributed by atoms with Crippen molar-refractivity contribution in [3.05, 3.63) is 46.9 Å². The summed E-state index contributed by atoms with van der Waals surface area (Å²) in [6, 6.07) is 10.6. The predicted octanol–water partition coefficient (Wildman–Crippen LogP) is 6.67. The molecule has 0 radical (unpaired) electrons. The molecule has 1 atom stereocenters. The molecule has 2 rings (SSSR count). The van der Waals surface area contributed by atoms with Crippen LogP contribution in [0.1, 0.15) is 33.1 Å². The van der Waals surface area contributed by atoms with Crippen molar-refractivity contribution in [2.24, 2.45) is 0 Å². The van der Waals surface area contributed by atoms with Crippen molar-refractivity contribution >= 4 is 44.2 Å². The van der Waals surface area contributed by atoms with E-state index in [0.29, 0.717) is 10.2 Å². The van der Waals surface area contributed by atoms with E-state index in [1.54, 1.807) is 25.1 Å². The van der Waals surface area contributed by atoms with E-state index in [1.807, 2.05) is 0 Å². The number of halogens is 1. The zero-order valence-electron chi connectivity index (χ0n) is 17.6. The van der Waals surface area contributed by atoms with Gasteiger partial charge < -0.3 is 13.4 Å². The zero-order valence-corrected chi connectivity index (χ0v) is 21.7. The standard InChI is InChI=1S/C20H26BrO7PS2/c1-4-6-9-14-30-29(22,26-5-2)27-16-12-13-20(19(15-16)25-3)31(23,24)28-18-11-8-7-10-17(18)21/h7-8,10-13,15H,4-6,9,14H2,1-3H3. The van der Waals surface area contributed by atoms with Gasteiger partial charge >= 0.3 is 16.9 Å². The molecule has 2 aromatic rings. The molecule has 0 saturated carbocycles. The first kappa shape index (κ1) is 26.1. The van der Waals surface area contributed by atoms with E-state index >= 15 is 0 Å². The van der Waals surface area contributed by atoms with Gasteiger partial charge in [-0.05, 0) is 64.9 Å². The molecule has 0 heterocycles. The Morgan fingerprint density at radius 3 is 2.45 bits per heavy atom. The van der Waals surface area contributed by atoms with Crippen LogP contribution >= 0.6 is 34.1 Å². The van der Waals surface area contributed by atoms with Crippen LogP contribution in [-0.2, 0) is 19.2 Å². The number of methoxy groups -OCH3 is 1. The molecule has 0 fully saturated rings. The fourth-order valence-corrected chi connectivity index (χ4v) is 7.50. The number of hydrogen-bond donors (Lipinski definition) is 0. The Balaban J connectivity index is 2.25. The highest BCUT2D eigenvalue weighted by Crippen LogP contribution is 2.60. The minimum absolute atomic E-state index is 0.00332. The monoisotopic (exact) mass is 552 g/mol. The Hall–Kier alpha value is -1.19. The van der Waals surface area contributed by atoms with Crippen LogP contribution in [0.2, 0.25) is 0 Å². The molecule has 0 aliphatic carbocycles. The summed E-state index contributed by atoms with van der Waals surface area (Å²) in [5.41, 5.74) is 0. The smallest absolute Gasteiger partial charge is 0.440 e. The summed E-state index contributed by atoms with van der Waals surface area (Å²) in [5, 5.41) is 0. The summed E-state index contributed by atoms with van der Waals surface area (Å²) in [6.07, 6.45) is 2.97. The van der Waals surface area contributed by atoms with Crippen LogP contribution in [0.25, 0.3) is 0 Å². The molecule has 0 bridgehead atoms. The topological polar surface area (TPSA) is 88.1 Å². The highest BCUT2D eigenvalue weighted by atomic mass is 79.9. The second-order valence-electron chi connectivity index (χ2n) is 6.28. The molecule has 1 unspecified atom stereocenters. The van der Waals surface area contributed by atoms with E-state index in [2.05, 4.69) is 22.9 Å². The predicted molar refractivity (Wildman–Crippen MR) is 127 cm³/mol. The lowest BCUT2D eigenvalue weighted by Gasteiger charge is -2.19. The lowest BCUT2D eigenvalue weighted by molar-refractivity contribution is 0.295. The zero-order chi connectivity index (χ0) is 22.9. The maximum atomic E-state index is 13.0. The number of unbranched alkanes of at least 4 members (excludes halogenated alkanes) is 2. The van der Waals surface area contributed by atoms with Crippen molar-refractivity contribution in [1.29, 1.82) is 0 Å². The van der Waals surface area contributed by atoms with Crippen LogP contribution in [0.5, 0.6) is 17.2 Å². The fraction of sp³-hybridized carbons (Fsp3) is 0.400. The van der Waals surface area contributed by atoms with Crippen molar-refractivity contribution in [2.45, 2.75) is 38.0 Å². The summed E-state index contributed by atoms with van der Waals surface area (Å²) < 4.78 is 60.6. The SMILES string of the molecule is CCCCCSP(=O)(OCC)Oc1ccc(S(=O)(=O)Oc2ccccc2Br)c(OC)c1. The van der Waals surface area contributed by atoms with Gasteiger partial charge in [-0.15, -0.1) is 0 Å². The van der Waals surface area contributed by atoms with Gasteiger partial charge in [0.25, 0.3) is 0 Å². The first-order valence-electron chi connectivity index (χ1n) is 9.70. The minimum atomic E-state index is -4.19. The molecule has 11 heteroatoms. The highest BCUT2D eigenvalue weighted by Gasteiger charge is 2.29. The van der Waals surface area contributed by atoms with Gasteiger partial charge in [0, 0.05) is 11.8 Å². The highest BCUT2D eigenvalue weighted by molar-refractivity contribution is 9.10. The van der Waals surface area contributed by atoms with Crippen LogP contribution in [-0.4, -0.2) is 27.9 Å². The van der Waals surface area contributed by atoms with Crippen molar-refractivity contribution in [3.63, 3.8) is 0 Å². The third-order valence-electron chi connectivity index (χ3n) is 3.94. The van der Waals surface area contributed by atoms with Gasteiger partial charge in [0.1, 0.15) is 16.4 Å². The molecule has 31 heavy (non-hydrogen) atoms. The third-order valence-corrected chi connectivity index (χ3v) is 9.70. The number of ether oxygens (including phenoxy) is 1. The molecule has 2 aromatic carbocycles. The van der Waals surface area contributed by atoms with Gasteiger partial charge in [-0.3, -0.25) is 4.52 Å². The van der Waals surface area contributed by atoms with Crippen LogP contribution in [0.15, 0.2) is 51.8 Å². The number of para-hydroxylation sites is 1. The van der Waals surface area contributed by atoms with Gasteiger partial charge in [0.2, 0.25) is 0 Å². The lowest BCUT2D eigenvalue weighted by Crippen LogP contribution is -2.11. The van der Waals surface area contributed by atoms with Crippen molar-refractivity contribution in [3.8, 4) is 17.2 Å². The molecule has 0 N–H and O–H groups in total. The average Bonchev–Trinajstić information content (AvgIpc) is 2.73. The molecule has 0 saturated heterocycles. The largest absolute Gasteiger partial charge is 0.495 e. The third kappa shape index (κ3) is 7.71. The van der Waals surface area contributed by atoms with E-state index in [-0.39, 0.29) is 28.8 Å². The molecule has 0 aliphatic rings. The van der Waals surface area contributed by atoms with Crippen LogP contribution < -0.4 is 13.4 Å². The molecule has 0 aliphatic heterocycles. The first-order chi connectivity index (χ1) is 14.7. The molecule has 7 nitrogen and oxygen atoms in total. The molecule has 0 amide bonds. The quantitative estimate of drug-likeness (QED) is 0.154. The Morgan fingerprint density at radius 1 is 1.06 bits per heavy atom. The molecular formula is C20H26BrO7PS2. The number of benzene rings is 2. The molecule has 0 aromatic heterocycles. The second-order valence-corrected chi connectivity index (χ2v) is 12.8.